The van der Waals surface area contributed by atoms with E-state index in [1.54, 1.807) is 6.07 Å². The lowest BCUT2D eigenvalue weighted by atomic mass is 10.0. The molecule has 0 aromatic heterocycles. The van der Waals surface area contributed by atoms with Crippen molar-refractivity contribution in [3.05, 3.63) is 39.9 Å². The minimum Gasteiger partial charge on any atom is -0.354 e. The highest BCUT2D eigenvalue weighted by Crippen LogP contribution is 2.44. The van der Waals surface area contributed by atoms with Crippen LogP contribution in [0.2, 0.25) is 10.0 Å². The van der Waals surface area contributed by atoms with E-state index in [2.05, 4.69) is 22.8 Å². The molecule has 0 bridgehead atoms. The van der Waals surface area contributed by atoms with Crippen LogP contribution in [-0.4, -0.2) is 48.4 Å². The number of rotatable bonds is 1. The van der Waals surface area contributed by atoms with Crippen LogP contribution in [0.3, 0.4) is 0 Å². The summed E-state index contributed by atoms with van der Waals surface area (Å²) in [5.41, 5.74) is 2.02. The van der Waals surface area contributed by atoms with Gasteiger partial charge >= 0.3 is 0 Å². The highest BCUT2D eigenvalue weighted by molar-refractivity contribution is 6.42. The lowest BCUT2D eigenvalue weighted by Crippen LogP contribution is -2.48. The van der Waals surface area contributed by atoms with Gasteiger partial charge in [0.15, 0.2) is 0 Å². The number of piperazine rings is 1. The maximum absolute atomic E-state index is 6.37. The molecular weight excluding hydrogens is 317 g/mol. The molecule has 1 fully saturated rings. The van der Waals surface area contributed by atoms with Gasteiger partial charge in [-0.25, -0.2) is 4.99 Å². The van der Waals surface area contributed by atoms with E-state index < -0.39 is 0 Å². The Labute approximate surface area is 140 Å². The normalized spacial score (nSPS) is 18.1. The van der Waals surface area contributed by atoms with Crippen LogP contribution in [0.4, 0.5) is 5.69 Å². The fourth-order valence-electron chi connectivity index (χ4n) is 3.36. The number of halogens is 2. The Morgan fingerprint density at radius 3 is 2.59 bits per heavy atom. The monoisotopic (exact) mass is 333 g/mol. The molecule has 5 heteroatoms. The first-order valence-corrected chi connectivity index (χ1v) is 8.41. The van der Waals surface area contributed by atoms with E-state index in [-0.39, 0.29) is 0 Å². The number of benzene rings is 2. The van der Waals surface area contributed by atoms with Crippen LogP contribution >= 0.6 is 23.2 Å². The zero-order valence-electron chi connectivity index (χ0n) is 12.4. The van der Waals surface area contributed by atoms with Gasteiger partial charge in [-0.15, -0.1) is 0 Å². The van der Waals surface area contributed by atoms with Crippen molar-refractivity contribution in [1.82, 2.24) is 9.80 Å². The molecule has 2 aliphatic rings. The topological polar surface area (TPSA) is 18.8 Å². The van der Waals surface area contributed by atoms with Crippen molar-refractivity contribution in [3.8, 4) is 0 Å². The van der Waals surface area contributed by atoms with Crippen LogP contribution in [0.1, 0.15) is 12.5 Å². The number of hydrogen-bond donors (Lipinski definition) is 0. The summed E-state index contributed by atoms with van der Waals surface area (Å²) in [5.74, 6) is 1.04. The van der Waals surface area contributed by atoms with E-state index in [1.807, 2.05) is 12.1 Å². The van der Waals surface area contributed by atoms with E-state index in [0.717, 1.165) is 60.6 Å². The van der Waals surface area contributed by atoms with Crippen LogP contribution in [0.5, 0.6) is 0 Å². The second kappa shape index (κ2) is 5.41. The van der Waals surface area contributed by atoms with Crippen LogP contribution in [0.15, 0.2) is 29.3 Å². The third-order valence-corrected chi connectivity index (χ3v) is 5.22. The summed E-state index contributed by atoms with van der Waals surface area (Å²) in [6, 6.07) is 8.00. The van der Waals surface area contributed by atoms with Gasteiger partial charge in [0.2, 0.25) is 0 Å². The van der Waals surface area contributed by atoms with E-state index in [9.17, 15) is 0 Å². The minimum absolute atomic E-state index is 0.632. The van der Waals surface area contributed by atoms with Gasteiger partial charge in [-0.05, 0) is 12.6 Å². The highest BCUT2D eigenvalue weighted by atomic mass is 35.5. The summed E-state index contributed by atoms with van der Waals surface area (Å²) in [6.45, 7) is 7.48. The molecule has 2 aromatic rings. The molecule has 2 aromatic carbocycles. The molecule has 0 N–H and O–H groups in total. The third-order valence-electron chi connectivity index (χ3n) is 4.62. The Balaban J connectivity index is 1.78. The molecule has 0 spiro atoms. The smallest absolute Gasteiger partial charge is 0.137 e. The second-order valence-corrected chi connectivity index (χ2v) is 6.59. The van der Waals surface area contributed by atoms with Gasteiger partial charge in [0.25, 0.3) is 0 Å². The average Bonchev–Trinajstić information content (AvgIpc) is 2.94. The molecule has 0 atom stereocenters. The standard InChI is InChI=1S/C17H17Cl2N3/c1-2-21-6-8-22(9-7-21)17-12-5-3-4-11-13(18)10-14(19)16(20-17)15(11)12/h3-5,10H,2,6-9H2,1H3. The summed E-state index contributed by atoms with van der Waals surface area (Å²) in [6.07, 6.45) is 0. The number of aliphatic imine (C=N–C) groups is 1. The quantitative estimate of drug-likeness (QED) is 0.779. The molecule has 0 radical (unpaired) electrons. The molecule has 2 aliphatic heterocycles. The molecule has 1 saturated heterocycles. The molecule has 3 nitrogen and oxygen atoms in total. The first-order chi connectivity index (χ1) is 10.7. The molecule has 0 saturated carbocycles. The minimum atomic E-state index is 0.632. The maximum atomic E-state index is 6.37. The van der Waals surface area contributed by atoms with Crippen molar-refractivity contribution in [3.63, 3.8) is 0 Å². The Morgan fingerprint density at radius 1 is 1.09 bits per heavy atom. The first kappa shape index (κ1) is 14.3. The van der Waals surface area contributed by atoms with Gasteiger partial charge in [0.05, 0.1) is 15.7 Å². The van der Waals surface area contributed by atoms with Crippen molar-refractivity contribution < 1.29 is 0 Å². The van der Waals surface area contributed by atoms with Gasteiger partial charge in [-0.3, -0.25) is 0 Å². The first-order valence-electron chi connectivity index (χ1n) is 7.66. The number of amidine groups is 1. The maximum Gasteiger partial charge on any atom is 0.137 e. The molecule has 0 aliphatic carbocycles. The fourth-order valence-corrected chi connectivity index (χ4v) is 3.93. The molecule has 0 unspecified atom stereocenters. The number of hydrogen-bond acceptors (Lipinski definition) is 3. The molecule has 2 heterocycles. The average molecular weight is 334 g/mol. The largest absolute Gasteiger partial charge is 0.354 e. The van der Waals surface area contributed by atoms with E-state index >= 15 is 0 Å². The van der Waals surface area contributed by atoms with Crippen LogP contribution < -0.4 is 0 Å². The summed E-state index contributed by atoms with van der Waals surface area (Å²) >= 11 is 12.7. The van der Waals surface area contributed by atoms with Crippen LogP contribution in [0, 0.1) is 0 Å². The molecule has 4 rings (SSSR count). The molecule has 114 valence electrons. The lowest BCUT2D eigenvalue weighted by Gasteiger charge is -2.35. The number of likely N-dealkylation sites (N-methyl/N-ethyl adjacent to an activating group) is 1. The van der Waals surface area contributed by atoms with Crippen molar-refractivity contribution in [2.45, 2.75) is 6.92 Å². The molecule has 22 heavy (non-hydrogen) atoms. The summed E-state index contributed by atoms with van der Waals surface area (Å²) in [7, 11) is 0. The van der Waals surface area contributed by atoms with E-state index in [1.165, 1.54) is 0 Å². The Morgan fingerprint density at radius 2 is 1.86 bits per heavy atom. The third kappa shape index (κ3) is 2.11. The summed E-state index contributed by atoms with van der Waals surface area (Å²) in [4.78, 5) is 9.67. The van der Waals surface area contributed by atoms with Gasteiger partial charge in [-0.2, -0.15) is 0 Å². The van der Waals surface area contributed by atoms with Crippen LogP contribution in [0.25, 0.3) is 10.8 Å². The Bertz CT molecular complexity index is 777. The zero-order chi connectivity index (χ0) is 15.3. The number of nitrogens with zero attached hydrogens (tertiary/aromatic N) is 3. The highest BCUT2D eigenvalue weighted by Gasteiger charge is 2.27. The van der Waals surface area contributed by atoms with E-state index in [4.69, 9.17) is 28.2 Å². The van der Waals surface area contributed by atoms with Crippen molar-refractivity contribution in [2.24, 2.45) is 4.99 Å². The fraction of sp³-hybridized carbons (Fsp3) is 0.353. The summed E-state index contributed by atoms with van der Waals surface area (Å²) < 4.78 is 0. The van der Waals surface area contributed by atoms with Gasteiger partial charge < -0.3 is 9.80 Å². The lowest BCUT2D eigenvalue weighted by molar-refractivity contribution is 0.190. The molecular formula is C17H17Cl2N3. The van der Waals surface area contributed by atoms with Gasteiger partial charge in [0.1, 0.15) is 5.84 Å². The van der Waals surface area contributed by atoms with Gasteiger partial charge in [-0.1, -0.05) is 48.3 Å². The molecule has 0 amide bonds. The van der Waals surface area contributed by atoms with Crippen molar-refractivity contribution >= 4 is 45.5 Å². The second-order valence-electron chi connectivity index (χ2n) is 5.77. The van der Waals surface area contributed by atoms with E-state index in [0.29, 0.717) is 10.0 Å². The zero-order valence-corrected chi connectivity index (χ0v) is 14.0. The van der Waals surface area contributed by atoms with Crippen molar-refractivity contribution in [1.29, 1.82) is 0 Å². The summed E-state index contributed by atoms with van der Waals surface area (Å²) in [5, 5.41) is 3.45. The Hall–Kier alpha value is -1.29. The van der Waals surface area contributed by atoms with Crippen molar-refractivity contribution in [2.75, 3.05) is 32.7 Å². The SMILES string of the molecule is CCN1CCN(C2=Nc3c(Cl)cc(Cl)c4cccc2c34)CC1. The Kier molecular flexibility index (Phi) is 3.52. The predicted octanol–water partition coefficient (Wildman–Crippen LogP) is 4.18. The predicted molar refractivity (Wildman–Crippen MR) is 93.9 cm³/mol. The van der Waals surface area contributed by atoms with Gasteiger partial charge in [0, 0.05) is 42.5 Å². The van der Waals surface area contributed by atoms with Crippen LogP contribution in [-0.2, 0) is 0 Å².